The Morgan fingerprint density at radius 1 is 1.00 bits per heavy atom. The normalized spacial score (nSPS) is 33.7. The van der Waals surface area contributed by atoms with E-state index in [0.29, 0.717) is 23.1 Å². The Balaban J connectivity index is 1.95. The first-order chi connectivity index (χ1) is 11.8. The van der Waals surface area contributed by atoms with Gasteiger partial charge in [0, 0.05) is 29.7 Å². The number of aliphatic hydroxyl groups excluding tert-OH is 1. The monoisotopic (exact) mass is 338 g/mol. The summed E-state index contributed by atoms with van der Waals surface area (Å²) in [6, 6.07) is 3.41. The zero-order chi connectivity index (χ0) is 18.0. The lowest BCUT2D eigenvalue weighted by Gasteiger charge is -2.54. The highest BCUT2D eigenvalue weighted by atomic mass is 16.3. The Bertz CT molecular complexity index is 850. The van der Waals surface area contributed by atoms with Crippen LogP contribution in [0, 0.1) is 11.3 Å². The van der Waals surface area contributed by atoms with Gasteiger partial charge in [0.1, 0.15) is 0 Å². The topological polar surface area (TPSA) is 71.4 Å². The summed E-state index contributed by atoms with van der Waals surface area (Å²) >= 11 is 0. The molecule has 1 saturated carbocycles. The zero-order valence-electron chi connectivity index (χ0n) is 14.6. The molecule has 0 spiro atoms. The summed E-state index contributed by atoms with van der Waals surface area (Å²) in [5, 5.41) is 9.99. The minimum atomic E-state index is -0.296. The predicted octanol–water partition coefficient (Wildman–Crippen LogP) is 3.26. The minimum Gasteiger partial charge on any atom is -0.396 e. The third kappa shape index (κ3) is 2.13. The van der Waals surface area contributed by atoms with Crippen molar-refractivity contribution in [3.05, 3.63) is 46.5 Å². The summed E-state index contributed by atoms with van der Waals surface area (Å²) in [5.74, 6) is -0.351. The molecule has 4 rings (SSSR count). The number of fused-ring (bicyclic) bond motifs is 4. The average molecular weight is 338 g/mol. The first-order valence-corrected chi connectivity index (χ1v) is 8.89. The van der Waals surface area contributed by atoms with E-state index in [9.17, 15) is 19.5 Å². The van der Waals surface area contributed by atoms with Gasteiger partial charge in [0.2, 0.25) is 0 Å². The number of Topliss-reactive ketones (excluding diaryl/α,β-unsaturated/α-hetero) is 1. The van der Waals surface area contributed by atoms with Crippen LogP contribution < -0.4 is 0 Å². The standard InChI is InChI=1S/C21H22O4/c1-20(11-22)6-3-7-21(2)15-9-13-12(16(23)4-5-17(13)24)8-14(15)18(25)10-19(20)21/h4-5,8-9,19,22H,3,6-7,10-11H2,1-2H3. The van der Waals surface area contributed by atoms with Crippen molar-refractivity contribution in [1.82, 2.24) is 0 Å². The van der Waals surface area contributed by atoms with Gasteiger partial charge in [-0.1, -0.05) is 20.3 Å². The van der Waals surface area contributed by atoms with Gasteiger partial charge in [-0.2, -0.15) is 0 Å². The first kappa shape index (κ1) is 16.4. The number of allylic oxidation sites excluding steroid dienone is 2. The molecule has 0 aromatic heterocycles. The molecule has 0 bridgehead atoms. The highest BCUT2D eigenvalue weighted by molar-refractivity contribution is 6.23. The molecule has 0 amide bonds. The van der Waals surface area contributed by atoms with Crippen molar-refractivity contribution < 1.29 is 19.5 Å². The summed E-state index contributed by atoms with van der Waals surface area (Å²) in [6.07, 6.45) is 5.76. The minimum absolute atomic E-state index is 0.0108. The van der Waals surface area contributed by atoms with Gasteiger partial charge in [-0.05, 0) is 59.4 Å². The van der Waals surface area contributed by atoms with E-state index in [-0.39, 0.29) is 40.7 Å². The van der Waals surface area contributed by atoms with Crippen molar-refractivity contribution in [2.24, 2.45) is 11.3 Å². The summed E-state index contributed by atoms with van der Waals surface area (Å²) in [7, 11) is 0. The molecular formula is C21H22O4. The van der Waals surface area contributed by atoms with Crippen molar-refractivity contribution in [2.75, 3.05) is 6.61 Å². The second kappa shape index (κ2) is 5.21. The fourth-order valence-corrected chi connectivity index (χ4v) is 5.30. The number of hydrogen-bond acceptors (Lipinski definition) is 4. The van der Waals surface area contributed by atoms with Crippen LogP contribution in [0.4, 0.5) is 0 Å². The molecule has 0 heterocycles. The van der Waals surface area contributed by atoms with E-state index in [2.05, 4.69) is 13.8 Å². The van der Waals surface area contributed by atoms with Gasteiger partial charge in [0.05, 0.1) is 0 Å². The SMILES string of the molecule is CC1(CO)CCCC2(C)c3cc4c(cc3C(=O)CC12)C(=O)C=CC4=O. The van der Waals surface area contributed by atoms with Crippen LogP contribution in [0.25, 0.3) is 0 Å². The first-order valence-electron chi connectivity index (χ1n) is 8.89. The summed E-state index contributed by atoms with van der Waals surface area (Å²) < 4.78 is 0. The highest BCUT2D eigenvalue weighted by Gasteiger charge is 2.53. The van der Waals surface area contributed by atoms with E-state index < -0.39 is 0 Å². The van der Waals surface area contributed by atoms with Gasteiger partial charge < -0.3 is 5.11 Å². The lowest BCUT2D eigenvalue weighted by Crippen LogP contribution is -2.52. The van der Waals surface area contributed by atoms with E-state index in [4.69, 9.17) is 0 Å². The molecule has 4 nitrogen and oxygen atoms in total. The lowest BCUT2D eigenvalue weighted by molar-refractivity contribution is -0.0142. The molecule has 1 fully saturated rings. The van der Waals surface area contributed by atoms with Gasteiger partial charge >= 0.3 is 0 Å². The Kier molecular flexibility index (Phi) is 3.42. The van der Waals surface area contributed by atoms with Crippen LogP contribution in [0.2, 0.25) is 0 Å². The number of carbonyl (C=O) groups excluding carboxylic acids is 3. The number of benzene rings is 1. The Hall–Kier alpha value is -2.07. The van der Waals surface area contributed by atoms with Crippen LogP contribution in [0.5, 0.6) is 0 Å². The molecule has 0 aliphatic heterocycles. The van der Waals surface area contributed by atoms with E-state index in [0.717, 1.165) is 24.8 Å². The van der Waals surface area contributed by atoms with Crippen LogP contribution in [0.3, 0.4) is 0 Å². The van der Waals surface area contributed by atoms with E-state index in [1.807, 2.05) is 0 Å². The Morgan fingerprint density at radius 2 is 1.64 bits per heavy atom. The number of rotatable bonds is 1. The Morgan fingerprint density at radius 3 is 2.28 bits per heavy atom. The van der Waals surface area contributed by atoms with Crippen LogP contribution in [0.1, 0.15) is 76.2 Å². The third-order valence-electron chi connectivity index (χ3n) is 6.80. The maximum absolute atomic E-state index is 12.9. The fraction of sp³-hybridized carbons (Fsp3) is 0.476. The van der Waals surface area contributed by atoms with E-state index in [1.54, 1.807) is 12.1 Å². The molecule has 3 aliphatic rings. The second-order valence-corrected chi connectivity index (χ2v) is 8.27. The fourth-order valence-electron chi connectivity index (χ4n) is 5.30. The average Bonchev–Trinajstić information content (AvgIpc) is 2.60. The van der Waals surface area contributed by atoms with Crippen LogP contribution in [0.15, 0.2) is 24.3 Å². The maximum atomic E-state index is 12.9. The molecule has 0 radical (unpaired) electrons. The lowest BCUT2D eigenvalue weighted by atomic mass is 9.49. The molecule has 1 aromatic carbocycles. The van der Waals surface area contributed by atoms with E-state index in [1.165, 1.54) is 12.2 Å². The van der Waals surface area contributed by atoms with E-state index >= 15 is 0 Å². The van der Waals surface area contributed by atoms with Crippen LogP contribution in [-0.2, 0) is 5.41 Å². The maximum Gasteiger partial charge on any atom is 0.186 e. The highest BCUT2D eigenvalue weighted by Crippen LogP contribution is 2.57. The van der Waals surface area contributed by atoms with Crippen molar-refractivity contribution in [3.63, 3.8) is 0 Å². The molecule has 25 heavy (non-hydrogen) atoms. The third-order valence-corrected chi connectivity index (χ3v) is 6.80. The van der Waals surface area contributed by atoms with Gasteiger partial charge in [-0.3, -0.25) is 14.4 Å². The van der Waals surface area contributed by atoms with Crippen molar-refractivity contribution in [1.29, 1.82) is 0 Å². The Labute approximate surface area is 146 Å². The zero-order valence-corrected chi connectivity index (χ0v) is 14.6. The summed E-state index contributed by atoms with van der Waals surface area (Å²) in [5.41, 5.74) is 1.63. The molecule has 130 valence electrons. The molecule has 1 N–H and O–H groups in total. The summed E-state index contributed by atoms with van der Waals surface area (Å²) in [6.45, 7) is 4.26. The van der Waals surface area contributed by atoms with Crippen molar-refractivity contribution in [2.45, 2.75) is 44.9 Å². The largest absolute Gasteiger partial charge is 0.396 e. The van der Waals surface area contributed by atoms with Gasteiger partial charge in [0.25, 0.3) is 0 Å². The van der Waals surface area contributed by atoms with Gasteiger partial charge in [0.15, 0.2) is 17.3 Å². The van der Waals surface area contributed by atoms with Crippen LogP contribution >= 0.6 is 0 Å². The number of carbonyl (C=O) groups is 3. The molecule has 3 atom stereocenters. The quantitative estimate of drug-likeness (QED) is 0.853. The van der Waals surface area contributed by atoms with Gasteiger partial charge in [-0.25, -0.2) is 0 Å². The van der Waals surface area contributed by atoms with Gasteiger partial charge in [-0.15, -0.1) is 0 Å². The molecule has 1 aromatic rings. The number of hydrogen-bond donors (Lipinski definition) is 1. The molecule has 3 aliphatic carbocycles. The smallest absolute Gasteiger partial charge is 0.186 e. The second-order valence-electron chi connectivity index (χ2n) is 8.27. The van der Waals surface area contributed by atoms with Crippen molar-refractivity contribution in [3.8, 4) is 0 Å². The molecular weight excluding hydrogens is 316 g/mol. The van der Waals surface area contributed by atoms with Crippen LogP contribution in [-0.4, -0.2) is 29.1 Å². The number of aliphatic hydroxyl groups is 1. The summed E-state index contributed by atoms with van der Waals surface area (Å²) in [4.78, 5) is 37.3. The number of ketones is 3. The van der Waals surface area contributed by atoms with Crippen molar-refractivity contribution >= 4 is 17.3 Å². The molecule has 3 unspecified atom stereocenters. The predicted molar refractivity (Wildman–Crippen MR) is 93.1 cm³/mol. The molecule has 0 saturated heterocycles. The molecule has 4 heteroatoms.